The lowest BCUT2D eigenvalue weighted by atomic mass is 10.1. The third-order valence-corrected chi connectivity index (χ3v) is 2.93. The molecule has 20 heavy (non-hydrogen) atoms. The number of likely N-dealkylation sites (N-methyl/N-ethyl adjacent to an activating group) is 1. The first kappa shape index (κ1) is 16.1. The van der Waals surface area contributed by atoms with Crippen molar-refractivity contribution in [2.75, 3.05) is 33.7 Å². The van der Waals surface area contributed by atoms with Gasteiger partial charge in [-0.1, -0.05) is 30.3 Å². The van der Waals surface area contributed by atoms with Crippen molar-refractivity contribution in [3.63, 3.8) is 0 Å². The molecular weight excluding hydrogens is 256 g/mol. The number of nitrogens with two attached hydrogens (primary N) is 1. The monoisotopic (exact) mass is 278 g/mol. The second-order valence-corrected chi connectivity index (χ2v) is 4.68. The molecule has 0 heterocycles. The van der Waals surface area contributed by atoms with Crippen molar-refractivity contribution in [1.82, 2.24) is 15.5 Å². The maximum atomic E-state index is 11.6. The lowest BCUT2D eigenvalue weighted by Crippen LogP contribution is -2.42. The normalized spacial score (nSPS) is 12.0. The lowest BCUT2D eigenvalue weighted by molar-refractivity contribution is -0.125. The molecule has 1 rings (SSSR count). The number of amides is 2. The maximum absolute atomic E-state index is 11.6. The topological polar surface area (TPSA) is 87.5 Å². The SMILES string of the molecule is CN(C)C(CNC(=O)CNC(=O)CN)c1ccccc1. The Morgan fingerprint density at radius 3 is 2.35 bits per heavy atom. The molecular formula is C14H22N4O2. The Kier molecular flexibility index (Phi) is 6.69. The minimum Gasteiger partial charge on any atom is -0.353 e. The molecule has 0 bridgehead atoms. The predicted molar refractivity (Wildman–Crippen MR) is 77.9 cm³/mol. The molecule has 0 aromatic heterocycles. The van der Waals surface area contributed by atoms with Crippen LogP contribution in [0.2, 0.25) is 0 Å². The molecule has 110 valence electrons. The molecule has 0 saturated carbocycles. The van der Waals surface area contributed by atoms with Gasteiger partial charge in [-0.3, -0.25) is 9.59 Å². The highest BCUT2D eigenvalue weighted by molar-refractivity contribution is 5.85. The van der Waals surface area contributed by atoms with Crippen molar-refractivity contribution >= 4 is 11.8 Å². The van der Waals surface area contributed by atoms with E-state index in [1.165, 1.54) is 0 Å². The van der Waals surface area contributed by atoms with Gasteiger partial charge in [0.1, 0.15) is 0 Å². The van der Waals surface area contributed by atoms with Crippen LogP contribution < -0.4 is 16.4 Å². The first-order valence-electron chi connectivity index (χ1n) is 6.49. The second-order valence-electron chi connectivity index (χ2n) is 4.68. The molecule has 6 nitrogen and oxygen atoms in total. The number of carbonyl (C=O) groups is 2. The van der Waals surface area contributed by atoms with Gasteiger partial charge in [-0.2, -0.15) is 0 Å². The fourth-order valence-corrected chi connectivity index (χ4v) is 1.80. The van der Waals surface area contributed by atoms with E-state index < -0.39 is 0 Å². The zero-order valence-electron chi connectivity index (χ0n) is 11.9. The minimum absolute atomic E-state index is 0.0506. The minimum atomic E-state index is -0.340. The molecule has 1 atom stereocenters. The summed E-state index contributed by atoms with van der Waals surface area (Å²) in [6.07, 6.45) is 0. The Morgan fingerprint density at radius 1 is 1.15 bits per heavy atom. The van der Waals surface area contributed by atoms with Crippen LogP contribution in [0.3, 0.4) is 0 Å². The van der Waals surface area contributed by atoms with Crippen molar-refractivity contribution in [3.8, 4) is 0 Å². The quantitative estimate of drug-likeness (QED) is 0.626. The van der Waals surface area contributed by atoms with Gasteiger partial charge >= 0.3 is 0 Å². The van der Waals surface area contributed by atoms with Gasteiger partial charge in [-0.05, 0) is 19.7 Å². The molecule has 6 heteroatoms. The van der Waals surface area contributed by atoms with E-state index in [1.807, 2.05) is 49.3 Å². The average Bonchev–Trinajstić information content (AvgIpc) is 2.45. The highest BCUT2D eigenvalue weighted by Gasteiger charge is 2.14. The van der Waals surface area contributed by atoms with Crippen LogP contribution in [0.5, 0.6) is 0 Å². The molecule has 0 aliphatic heterocycles. The van der Waals surface area contributed by atoms with Crippen molar-refractivity contribution in [1.29, 1.82) is 0 Å². The van der Waals surface area contributed by atoms with Crippen LogP contribution >= 0.6 is 0 Å². The number of rotatable bonds is 7. The summed E-state index contributed by atoms with van der Waals surface area (Å²) in [6, 6.07) is 10.0. The van der Waals surface area contributed by atoms with Crippen molar-refractivity contribution in [3.05, 3.63) is 35.9 Å². The van der Waals surface area contributed by atoms with Gasteiger partial charge in [-0.25, -0.2) is 0 Å². The predicted octanol–water partition coefficient (Wildman–Crippen LogP) is -0.520. The van der Waals surface area contributed by atoms with Gasteiger partial charge in [-0.15, -0.1) is 0 Å². The van der Waals surface area contributed by atoms with Gasteiger partial charge in [0.05, 0.1) is 19.1 Å². The second kappa shape index (κ2) is 8.29. The molecule has 0 aliphatic rings. The van der Waals surface area contributed by atoms with E-state index in [9.17, 15) is 9.59 Å². The first-order chi connectivity index (χ1) is 9.54. The van der Waals surface area contributed by atoms with E-state index in [0.29, 0.717) is 6.54 Å². The number of hydrogen-bond donors (Lipinski definition) is 3. The molecule has 1 unspecified atom stereocenters. The van der Waals surface area contributed by atoms with Gasteiger partial charge < -0.3 is 21.3 Å². The highest BCUT2D eigenvalue weighted by Crippen LogP contribution is 2.16. The van der Waals surface area contributed by atoms with E-state index in [2.05, 4.69) is 10.6 Å². The Labute approximate surface area is 119 Å². The Hall–Kier alpha value is -1.92. The van der Waals surface area contributed by atoms with Gasteiger partial charge in [0.25, 0.3) is 0 Å². The number of carbonyl (C=O) groups excluding carboxylic acids is 2. The fraction of sp³-hybridized carbons (Fsp3) is 0.429. The standard InChI is InChI=1S/C14H22N4O2/c1-18(2)12(11-6-4-3-5-7-11)9-16-14(20)10-17-13(19)8-15/h3-7,12H,8-10,15H2,1-2H3,(H,16,20)(H,17,19). The molecule has 0 aliphatic carbocycles. The summed E-state index contributed by atoms with van der Waals surface area (Å²) in [5, 5.41) is 5.24. The molecule has 0 saturated heterocycles. The maximum Gasteiger partial charge on any atom is 0.239 e. The molecule has 0 fully saturated rings. The van der Waals surface area contributed by atoms with Crippen LogP contribution in [0.25, 0.3) is 0 Å². The van der Waals surface area contributed by atoms with E-state index >= 15 is 0 Å². The summed E-state index contributed by atoms with van der Waals surface area (Å²) >= 11 is 0. The van der Waals surface area contributed by atoms with Crippen LogP contribution in [0.1, 0.15) is 11.6 Å². The Morgan fingerprint density at radius 2 is 1.80 bits per heavy atom. The molecule has 0 radical (unpaired) electrons. The smallest absolute Gasteiger partial charge is 0.239 e. The molecule has 1 aromatic carbocycles. The number of hydrogen-bond acceptors (Lipinski definition) is 4. The third-order valence-electron chi connectivity index (χ3n) is 2.93. The highest BCUT2D eigenvalue weighted by atomic mass is 16.2. The largest absolute Gasteiger partial charge is 0.353 e. The van der Waals surface area contributed by atoms with Gasteiger partial charge in [0.15, 0.2) is 0 Å². The molecule has 4 N–H and O–H groups in total. The van der Waals surface area contributed by atoms with E-state index in [1.54, 1.807) is 0 Å². The van der Waals surface area contributed by atoms with E-state index in [0.717, 1.165) is 5.56 Å². The first-order valence-corrected chi connectivity index (χ1v) is 6.49. The molecule has 0 spiro atoms. The fourth-order valence-electron chi connectivity index (χ4n) is 1.80. The third kappa shape index (κ3) is 5.38. The van der Waals surface area contributed by atoms with Crippen molar-refractivity contribution < 1.29 is 9.59 Å². The van der Waals surface area contributed by atoms with Crippen LogP contribution in [0.4, 0.5) is 0 Å². The summed E-state index contributed by atoms with van der Waals surface area (Å²) in [5.74, 6) is -0.568. The zero-order valence-corrected chi connectivity index (χ0v) is 11.9. The molecule has 2 amide bonds. The summed E-state index contributed by atoms with van der Waals surface area (Å²) < 4.78 is 0. The Balaban J connectivity index is 2.48. The van der Waals surface area contributed by atoms with Gasteiger partial charge in [0, 0.05) is 6.54 Å². The zero-order chi connectivity index (χ0) is 15.0. The van der Waals surface area contributed by atoms with E-state index in [4.69, 9.17) is 5.73 Å². The van der Waals surface area contributed by atoms with Crippen LogP contribution in [0, 0.1) is 0 Å². The van der Waals surface area contributed by atoms with Crippen LogP contribution in [0.15, 0.2) is 30.3 Å². The summed E-state index contributed by atoms with van der Waals surface area (Å²) in [5.41, 5.74) is 6.27. The van der Waals surface area contributed by atoms with Crippen LogP contribution in [-0.4, -0.2) is 50.4 Å². The summed E-state index contributed by atoms with van der Waals surface area (Å²) in [7, 11) is 3.92. The number of nitrogens with zero attached hydrogens (tertiary/aromatic N) is 1. The summed E-state index contributed by atoms with van der Waals surface area (Å²) in [4.78, 5) is 24.6. The number of nitrogens with one attached hydrogen (secondary N) is 2. The van der Waals surface area contributed by atoms with E-state index in [-0.39, 0.29) is 30.9 Å². The van der Waals surface area contributed by atoms with Crippen molar-refractivity contribution in [2.24, 2.45) is 5.73 Å². The molecule has 1 aromatic rings. The summed E-state index contributed by atoms with van der Waals surface area (Å²) in [6.45, 7) is 0.316. The van der Waals surface area contributed by atoms with Gasteiger partial charge in [0.2, 0.25) is 11.8 Å². The van der Waals surface area contributed by atoms with Crippen LogP contribution in [-0.2, 0) is 9.59 Å². The average molecular weight is 278 g/mol. The Bertz CT molecular complexity index is 434. The van der Waals surface area contributed by atoms with Crippen molar-refractivity contribution in [2.45, 2.75) is 6.04 Å². The lowest BCUT2D eigenvalue weighted by Gasteiger charge is -2.25. The number of benzene rings is 1.